The van der Waals surface area contributed by atoms with Gasteiger partial charge in [-0.1, -0.05) is 6.07 Å². The number of halogens is 1. The molecule has 1 aliphatic rings. The molecule has 1 aromatic rings. The normalized spacial score (nSPS) is 13.8. The third-order valence-electron chi connectivity index (χ3n) is 2.44. The van der Waals surface area contributed by atoms with Gasteiger partial charge < -0.3 is 19.9 Å². The number of ether oxygens (including phenoxy) is 3. The second-order valence-electron chi connectivity index (χ2n) is 3.50. The summed E-state index contributed by atoms with van der Waals surface area (Å²) in [5.41, 5.74) is 6.70. The molecule has 6 heteroatoms. The third kappa shape index (κ3) is 3.01. The van der Waals surface area contributed by atoms with Gasteiger partial charge in [0.25, 0.3) is 0 Å². The fraction of sp³-hybridized carbons (Fsp3) is 0.364. The number of methoxy groups -OCH3 is 1. The van der Waals surface area contributed by atoms with Gasteiger partial charge >= 0.3 is 5.97 Å². The van der Waals surface area contributed by atoms with Gasteiger partial charge in [0.2, 0.25) is 6.79 Å². The van der Waals surface area contributed by atoms with E-state index in [1.54, 1.807) is 12.1 Å². The van der Waals surface area contributed by atoms with Crippen LogP contribution in [0.25, 0.3) is 0 Å². The monoisotopic (exact) mass is 259 g/mol. The molecule has 1 aromatic carbocycles. The van der Waals surface area contributed by atoms with E-state index in [4.69, 9.17) is 15.2 Å². The lowest BCUT2D eigenvalue weighted by Gasteiger charge is -2.10. The Morgan fingerprint density at radius 2 is 2.18 bits per heavy atom. The maximum atomic E-state index is 11.1. The smallest absolute Gasteiger partial charge is 0.307 e. The third-order valence-corrected chi connectivity index (χ3v) is 2.44. The van der Waals surface area contributed by atoms with Gasteiger partial charge in [-0.05, 0) is 17.7 Å². The van der Waals surface area contributed by atoms with Crippen molar-refractivity contribution in [2.45, 2.75) is 12.5 Å². The number of hydrogen-bond acceptors (Lipinski definition) is 5. The lowest BCUT2D eigenvalue weighted by molar-refractivity contribution is -0.141. The van der Waals surface area contributed by atoms with Crippen LogP contribution in [0.2, 0.25) is 0 Å². The number of nitrogens with two attached hydrogens (primary N) is 1. The van der Waals surface area contributed by atoms with Gasteiger partial charge in [-0.3, -0.25) is 4.79 Å². The zero-order valence-corrected chi connectivity index (χ0v) is 10.2. The molecule has 1 aliphatic heterocycles. The molecule has 17 heavy (non-hydrogen) atoms. The predicted molar refractivity (Wildman–Crippen MR) is 63.4 cm³/mol. The molecule has 0 amide bonds. The molecule has 0 aromatic heterocycles. The number of benzene rings is 1. The van der Waals surface area contributed by atoms with Crippen LogP contribution in [0.1, 0.15) is 18.0 Å². The Kier molecular flexibility index (Phi) is 4.60. The highest BCUT2D eigenvalue weighted by Gasteiger charge is 2.17. The minimum Gasteiger partial charge on any atom is -0.469 e. The Morgan fingerprint density at radius 1 is 1.47 bits per heavy atom. The first-order valence-electron chi connectivity index (χ1n) is 4.92. The largest absolute Gasteiger partial charge is 0.469 e. The quantitative estimate of drug-likeness (QED) is 0.831. The topological polar surface area (TPSA) is 70.8 Å². The summed E-state index contributed by atoms with van der Waals surface area (Å²) in [5.74, 6) is 1.04. The Hall–Kier alpha value is -1.46. The Morgan fingerprint density at radius 3 is 2.88 bits per heavy atom. The summed E-state index contributed by atoms with van der Waals surface area (Å²) in [7, 11) is 1.34. The number of hydrogen-bond donors (Lipinski definition) is 1. The average molecular weight is 260 g/mol. The van der Waals surface area contributed by atoms with Crippen molar-refractivity contribution in [2.75, 3.05) is 13.9 Å². The Balaban J connectivity index is 0.00000144. The SMILES string of the molecule is COC(=O)C[C@H](N)c1ccc2c(c1)OCO2.Cl. The summed E-state index contributed by atoms with van der Waals surface area (Å²) in [6, 6.07) is 5.01. The molecule has 1 heterocycles. The first-order chi connectivity index (χ1) is 7.70. The molecular weight excluding hydrogens is 246 g/mol. The number of fused-ring (bicyclic) bond motifs is 1. The molecule has 0 saturated carbocycles. The highest BCUT2D eigenvalue weighted by molar-refractivity contribution is 5.85. The minimum atomic E-state index is -0.387. The van der Waals surface area contributed by atoms with Crippen LogP contribution in [0.4, 0.5) is 0 Å². The predicted octanol–water partition coefficient (Wildman–Crippen LogP) is 1.40. The van der Waals surface area contributed by atoms with Gasteiger partial charge in [0.05, 0.1) is 13.5 Å². The number of rotatable bonds is 3. The zero-order valence-electron chi connectivity index (χ0n) is 9.34. The molecule has 94 valence electrons. The van der Waals surface area contributed by atoms with E-state index in [1.165, 1.54) is 7.11 Å². The average Bonchev–Trinajstić information content (AvgIpc) is 2.75. The van der Waals surface area contributed by atoms with Crippen LogP contribution in [-0.4, -0.2) is 19.9 Å². The first-order valence-corrected chi connectivity index (χ1v) is 4.92. The summed E-state index contributed by atoms with van der Waals surface area (Å²) in [4.78, 5) is 11.1. The second-order valence-corrected chi connectivity index (χ2v) is 3.50. The Bertz CT molecular complexity index is 410. The first kappa shape index (κ1) is 13.6. The summed E-state index contributed by atoms with van der Waals surface area (Å²) in [6.45, 7) is 0.227. The van der Waals surface area contributed by atoms with Crippen molar-refractivity contribution in [1.82, 2.24) is 0 Å². The summed E-state index contributed by atoms with van der Waals surface area (Å²) >= 11 is 0. The van der Waals surface area contributed by atoms with Crippen LogP contribution >= 0.6 is 12.4 Å². The molecule has 0 saturated heterocycles. The van der Waals surface area contributed by atoms with Gasteiger partial charge in [-0.25, -0.2) is 0 Å². The fourth-order valence-electron chi connectivity index (χ4n) is 1.52. The van der Waals surface area contributed by atoms with Crippen molar-refractivity contribution in [1.29, 1.82) is 0 Å². The highest BCUT2D eigenvalue weighted by Crippen LogP contribution is 2.34. The molecule has 2 N–H and O–H groups in total. The molecule has 1 atom stereocenters. The van der Waals surface area contributed by atoms with E-state index in [-0.39, 0.29) is 37.6 Å². The van der Waals surface area contributed by atoms with E-state index in [2.05, 4.69) is 4.74 Å². The van der Waals surface area contributed by atoms with Crippen molar-refractivity contribution in [2.24, 2.45) is 5.73 Å². The van der Waals surface area contributed by atoms with Gasteiger partial charge in [-0.15, -0.1) is 12.4 Å². The fourth-order valence-corrected chi connectivity index (χ4v) is 1.52. The number of carbonyl (C=O) groups excluding carboxylic acids is 1. The molecule has 0 spiro atoms. The van der Waals surface area contributed by atoms with E-state index in [0.717, 1.165) is 5.56 Å². The number of carbonyl (C=O) groups is 1. The van der Waals surface area contributed by atoms with E-state index < -0.39 is 0 Å². The van der Waals surface area contributed by atoms with Crippen LogP contribution in [-0.2, 0) is 9.53 Å². The maximum absolute atomic E-state index is 11.1. The molecule has 5 nitrogen and oxygen atoms in total. The molecule has 0 fully saturated rings. The molecule has 0 unspecified atom stereocenters. The van der Waals surface area contributed by atoms with Crippen molar-refractivity contribution >= 4 is 18.4 Å². The van der Waals surface area contributed by atoms with Crippen LogP contribution in [0.5, 0.6) is 11.5 Å². The molecular formula is C11H14ClNO4. The molecule has 0 bridgehead atoms. The second kappa shape index (κ2) is 5.75. The van der Waals surface area contributed by atoms with E-state index >= 15 is 0 Å². The molecule has 2 rings (SSSR count). The summed E-state index contributed by atoms with van der Waals surface area (Å²) in [5, 5.41) is 0. The lowest BCUT2D eigenvalue weighted by atomic mass is 10.0. The van der Waals surface area contributed by atoms with Gasteiger partial charge in [0.1, 0.15) is 0 Å². The number of esters is 1. The van der Waals surface area contributed by atoms with Gasteiger partial charge in [0.15, 0.2) is 11.5 Å². The zero-order chi connectivity index (χ0) is 11.5. The van der Waals surface area contributed by atoms with E-state index in [1.807, 2.05) is 6.07 Å². The molecule has 0 radical (unpaired) electrons. The summed E-state index contributed by atoms with van der Waals surface area (Å²) < 4.78 is 15.0. The standard InChI is InChI=1S/C11H13NO4.ClH/c1-14-11(13)5-8(12)7-2-3-9-10(4-7)16-6-15-9;/h2-4,8H,5-6,12H2,1H3;1H/t8-;/m0./s1. The lowest BCUT2D eigenvalue weighted by Crippen LogP contribution is -2.16. The van der Waals surface area contributed by atoms with E-state index in [0.29, 0.717) is 11.5 Å². The summed E-state index contributed by atoms with van der Waals surface area (Å²) in [6.07, 6.45) is 0.149. The van der Waals surface area contributed by atoms with Crippen LogP contribution < -0.4 is 15.2 Å². The van der Waals surface area contributed by atoms with Crippen LogP contribution in [0.15, 0.2) is 18.2 Å². The highest BCUT2D eigenvalue weighted by atomic mass is 35.5. The Labute approximate surface area is 105 Å². The minimum absolute atomic E-state index is 0. The van der Waals surface area contributed by atoms with Crippen LogP contribution in [0.3, 0.4) is 0 Å². The van der Waals surface area contributed by atoms with Crippen molar-refractivity contribution in [3.63, 3.8) is 0 Å². The van der Waals surface area contributed by atoms with Gasteiger partial charge in [-0.2, -0.15) is 0 Å². The maximum Gasteiger partial charge on any atom is 0.307 e. The van der Waals surface area contributed by atoms with E-state index in [9.17, 15) is 4.79 Å². The van der Waals surface area contributed by atoms with Crippen LogP contribution in [0, 0.1) is 0 Å². The van der Waals surface area contributed by atoms with Crippen molar-refractivity contribution in [3.8, 4) is 11.5 Å². The van der Waals surface area contributed by atoms with Crippen molar-refractivity contribution in [3.05, 3.63) is 23.8 Å². The van der Waals surface area contributed by atoms with Gasteiger partial charge in [0, 0.05) is 6.04 Å². The molecule has 0 aliphatic carbocycles. The van der Waals surface area contributed by atoms with Crippen molar-refractivity contribution < 1.29 is 19.0 Å².